The highest BCUT2D eigenvalue weighted by Crippen LogP contribution is 2.62. The number of hydrogen-bond acceptors (Lipinski definition) is 1. The van der Waals surface area contributed by atoms with Gasteiger partial charge < -0.3 is 5.32 Å². The molecule has 2 aliphatic carbocycles. The van der Waals surface area contributed by atoms with E-state index in [2.05, 4.69) is 57.3 Å². The number of benzene rings is 1. The molecule has 0 aromatic heterocycles. The van der Waals surface area contributed by atoms with Crippen molar-refractivity contribution in [1.82, 2.24) is 5.32 Å². The molecule has 2 aliphatic rings. The maximum Gasteiger partial charge on any atom is 0.00968 e. The average Bonchev–Trinajstić information content (AvgIpc) is 2.84. The van der Waals surface area contributed by atoms with Crippen molar-refractivity contribution < 1.29 is 0 Å². The van der Waals surface area contributed by atoms with Gasteiger partial charge in [0.25, 0.3) is 0 Å². The van der Waals surface area contributed by atoms with Gasteiger partial charge in [0.1, 0.15) is 0 Å². The molecular weight excluding hydrogens is 254 g/mol. The quantitative estimate of drug-likeness (QED) is 0.826. The Balaban J connectivity index is 1.80. The number of rotatable bonds is 3. The van der Waals surface area contributed by atoms with Crippen LogP contribution in [0.5, 0.6) is 0 Å². The normalized spacial score (nSPS) is 23.2. The van der Waals surface area contributed by atoms with Gasteiger partial charge in [0.15, 0.2) is 0 Å². The number of nitrogens with one attached hydrogen (secondary N) is 1. The lowest BCUT2D eigenvalue weighted by atomic mass is 9.49. The van der Waals surface area contributed by atoms with E-state index >= 15 is 0 Å². The molecule has 2 fully saturated rings. The van der Waals surface area contributed by atoms with E-state index in [4.69, 9.17) is 0 Å². The molecule has 1 spiro atoms. The molecule has 1 N–H and O–H groups in total. The molecule has 1 heteroatoms. The van der Waals surface area contributed by atoms with Gasteiger partial charge in [-0.25, -0.2) is 0 Å². The highest BCUT2D eigenvalue weighted by molar-refractivity contribution is 5.34. The Bertz CT molecular complexity index is 478. The van der Waals surface area contributed by atoms with Crippen molar-refractivity contribution >= 4 is 0 Å². The van der Waals surface area contributed by atoms with Gasteiger partial charge in [-0.15, -0.1) is 0 Å². The van der Waals surface area contributed by atoms with Crippen molar-refractivity contribution in [3.63, 3.8) is 0 Å². The largest absolute Gasteiger partial charge is 0.311 e. The van der Waals surface area contributed by atoms with Crippen molar-refractivity contribution in [2.75, 3.05) is 6.54 Å². The summed E-state index contributed by atoms with van der Waals surface area (Å²) in [4.78, 5) is 0. The van der Waals surface area contributed by atoms with Crippen LogP contribution in [0.15, 0.2) is 24.3 Å². The van der Waals surface area contributed by atoms with Crippen molar-refractivity contribution in [3.8, 4) is 0 Å². The van der Waals surface area contributed by atoms with E-state index in [1.54, 1.807) is 5.56 Å². The molecule has 116 valence electrons. The first-order chi connectivity index (χ1) is 9.83. The Morgan fingerprint density at radius 2 is 1.57 bits per heavy atom. The average molecular weight is 285 g/mol. The van der Waals surface area contributed by atoms with Crippen LogP contribution in [0.25, 0.3) is 0 Å². The molecule has 21 heavy (non-hydrogen) atoms. The Kier molecular flexibility index (Phi) is 3.68. The number of aryl methyl sites for hydroxylation is 1. The van der Waals surface area contributed by atoms with Gasteiger partial charge in [-0.05, 0) is 64.4 Å². The zero-order valence-corrected chi connectivity index (χ0v) is 14.3. The van der Waals surface area contributed by atoms with Gasteiger partial charge in [-0.1, -0.05) is 42.7 Å². The summed E-state index contributed by atoms with van der Waals surface area (Å²) in [5.41, 5.74) is 4.20. The van der Waals surface area contributed by atoms with E-state index in [0.29, 0.717) is 10.8 Å². The molecule has 0 atom stereocenters. The van der Waals surface area contributed by atoms with Gasteiger partial charge in [0, 0.05) is 17.5 Å². The molecule has 0 heterocycles. The molecule has 1 nitrogen and oxygen atoms in total. The van der Waals surface area contributed by atoms with Crippen molar-refractivity contribution in [2.45, 2.75) is 77.2 Å². The van der Waals surface area contributed by atoms with E-state index in [0.717, 1.165) is 6.54 Å². The lowest BCUT2D eigenvalue weighted by Crippen LogP contribution is -2.56. The molecular formula is C20H31N. The Labute approximate surface area is 130 Å². The van der Waals surface area contributed by atoms with Crippen LogP contribution in [0.2, 0.25) is 0 Å². The van der Waals surface area contributed by atoms with Gasteiger partial charge in [-0.2, -0.15) is 0 Å². The van der Waals surface area contributed by atoms with Gasteiger partial charge in [0.05, 0.1) is 0 Å². The van der Waals surface area contributed by atoms with Crippen LogP contribution in [-0.4, -0.2) is 12.1 Å². The summed E-state index contributed by atoms with van der Waals surface area (Å²) in [7, 11) is 0. The first-order valence-corrected chi connectivity index (χ1v) is 8.65. The van der Waals surface area contributed by atoms with Gasteiger partial charge in [0.2, 0.25) is 0 Å². The molecule has 1 aromatic carbocycles. The summed E-state index contributed by atoms with van der Waals surface area (Å²) in [5, 5.41) is 3.78. The fourth-order valence-electron chi connectivity index (χ4n) is 4.64. The molecule has 0 unspecified atom stereocenters. The highest BCUT2D eigenvalue weighted by atomic mass is 15.0. The molecule has 1 aromatic rings. The minimum Gasteiger partial charge on any atom is -0.311 e. The van der Waals surface area contributed by atoms with E-state index in [1.165, 1.54) is 44.1 Å². The highest BCUT2D eigenvalue weighted by Gasteiger charge is 2.55. The maximum absolute atomic E-state index is 3.78. The minimum absolute atomic E-state index is 0.204. The minimum atomic E-state index is 0.204. The summed E-state index contributed by atoms with van der Waals surface area (Å²) >= 11 is 0. The fourth-order valence-corrected chi connectivity index (χ4v) is 4.64. The predicted octanol–water partition coefficient (Wildman–Crippen LogP) is 4.98. The zero-order chi connectivity index (χ0) is 15.1. The summed E-state index contributed by atoms with van der Waals surface area (Å²) in [6.07, 6.45) is 8.64. The van der Waals surface area contributed by atoms with Crippen molar-refractivity contribution in [3.05, 3.63) is 35.4 Å². The Hall–Kier alpha value is -0.820. The van der Waals surface area contributed by atoms with Crippen LogP contribution in [0.4, 0.5) is 0 Å². The Morgan fingerprint density at radius 3 is 2.10 bits per heavy atom. The molecule has 0 bridgehead atoms. The molecule has 0 radical (unpaired) electrons. The van der Waals surface area contributed by atoms with Crippen LogP contribution < -0.4 is 5.32 Å². The van der Waals surface area contributed by atoms with Crippen LogP contribution in [-0.2, 0) is 5.41 Å². The van der Waals surface area contributed by atoms with E-state index in [9.17, 15) is 0 Å². The van der Waals surface area contributed by atoms with E-state index in [1.807, 2.05) is 0 Å². The lowest BCUT2D eigenvalue weighted by molar-refractivity contribution is 0.0230. The van der Waals surface area contributed by atoms with Crippen LogP contribution in [0, 0.1) is 12.3 Å². The second-order valence-electron chi connectivity index (χ2n) is 8.81. The molecule has 3 rings (SSSR count). The smallest absolute Gasteiger partial charge is 0.00968 e. The van der Waals surface area contributed by atoms with Crippen LogP contribution in [0.1, 0.15) is 70.4 Å². The second-order valence-corrected chi connectivity index (χ2v) is 8.81. The maximum atomic E-state index is 3.78. The summed E-state index contributed by atoms with van der Waals surface area (Å²) in [5.74, 6) is 0. The van der Waals surface area contributed by atoms with Crippen LogP contribution >= 0.6 is 0 Å². The van der Waals surface area contributed by atoms with Gasteiger partial charge in [-0.3, -0.25) is 0 Å². The fraction of sp³-hybridized carbons (Fsp3) is 0.700. The van der Waals surface area contributed by atoms with Crippen LogP contribution in [0.3, 0.4) is 0 Å². The molecule has 0 amide bonds. The monoisotopic (exact) mass is 285 g/mol. The summed E-state index contributed by atoms with van der Waals surface area (Å²) < 4.78 is 0. The first-order valence-electron chi connectivity index (χ1n) is 8.65. The second kappa shape index (κ2) is 5.12. The molecule has 0 aliphatic heterocycles. The predicted molar refractivity (Wildman–Crippen MR) is 90.7 cm³/mol. The summed E-state index contributed by atoms with van der Waals surface area (Å²) in [6.45, 7) is 10.1. The Morgan fingerprint density at radius 1 is 1.00 bits per heavy atom. The third-order valence-electron chi connectivity index (χ3n) is 5.71. The van der Waals surface area contributed by atoms with E-state index in [-0.39, 0.29) is 5.54 Å². The van der Waals surface area contributed by atoms with Crippen molar-refractivity contribution in [2.24, 2.45) is 5.41 Å². The summed E-state index contributed by atoms with van der Waals surface area (Å²) in [6, 6.07) is 9.32. The SMILES string of the molecule is Cc1ccc(C2(CNC(C)(C)C)CC3(CCCC3)C2)cc1. The standard InChI is InChI=1S/C20H31N/c1-16-7-9-17(10-8-16)20(15-21-18(2,3)4)13-19(14-20)11-5-6-12-19/h7-10,21H,5-6,11-15H2,1-4H3. The first kappa shape index (κ1) is 15.1. The lowest BCUT2D eigenvalue weighted by Gasteiger charge is -2.56. The van der Waals surface area contributed by atoms with Gasteiger partial charge >= 0.3 is 0 Å². The zero-order valence-electron chi connectivity index (χ0n) is 14.3. The third-order valence-corrected chi connectivity index (χ3v) is 5.71. The molecule has 0 saturated heterocycles. The number of hydrogen-bond donors (Lipinski definition) is 1. The third kappa shape index (κ3) is 3.04. The topological polar surface area (TPSA) is 12.0 Å². The molecule has 2 saturated carbocycles. The van der Waals surface area contributed by atoms with Crippen molar-refractivity contribution in [1.29, 1.82) is 0 Å². The van der Waals surface area contributed by atoms with E-state index < -0.39 is 0 Å².